The highest BCUT2D eigenvalue weighted by Gasteiger charge is 2.44. The van der Waals surface area contributed by atoms with Crippen LogP contribution in [-0.2, 0) is 4.79 Å². The van der Waals surface area contributed by atoms with Gasteiger partial charge in [0.1, 0.15) is 11.4 Å². The molecule has 114 valence electrons. The Hall–Kier alpha value is -2.11. The molecule has 0 aromatic heterocycles. The summed E-state index contributed by atoms with van der Waals surface area (Å²) in [4.78, 5) is 26.9. The third kappa shape index (κ3) is 2.84. The number of carboxylic acid groups (broad SMARTS) is 1. The number of aliphatic carboxylic acids is 1. The molecule has 0 spiro atoms. The number of piperidine rings is 1. The summed E-state index contributed by atoms with van der Waals surface area (Å²) in [6.45, 7) is 1.98. The topological polar surface area (TPSA) is 60.9 Å². The van der Waals surface area contributed by atoms with E-state index in [0.29, 0.717) is 18.7 Å². The van der Waals surface area contributed by atoms with Gasteiger partial charge in [0.25, 0.3) is 0 Å². The minimum Gasteiger partial charge on any atom is -0.480 e. The van der Waals surface area contributed by atoms with E-state index in [2.05, 4.69) is 0 Å². The molecule has 0 aliphatic carbocycles. The number of hydrogen-bond acceptors (Lipinski definition) is 2. The number of rotatable bonds is 2. The van der Waals surface area contributed by atoms with Crippen LogP contribution in [0.25, 0.3) is 0 Å². The Morgan fingerprint density at radius 3 is 2.48 bits per heavy atom. The number of carbonyl (C=O) groups excluding carboxylic acids is 1. The van der Waals surface area contributed by atoms with Crippen LogP contribution in [0.5, 0.6) is 0 Å². The van der Waals surface area contributed by atoms with E-state index in [4.69, 9.17) is 0 Å². The van der Waals surface area contributed by atoms with Crippen molar-refractivity contribution in [3.8, 4) is 0 Å². The minimum atomic E-state index is -1.19. The van der Waals surface area contributed by atoms with Crippen molar-refractivity contribution in [2.45, 2.75) is 31.7 Å². The number of nitrogens with zero attached hydrogens (tertiary/aromatic N) is 2. The predicted octanol–water partition coefficient (Wildman–Crippen LogP) is 2.71. The molecule has 1 N–H and O–H groups in total. The van der Waals surface area contributed by atoms with Crippen LogP contribution in [0.1, 0.15) is 26.2 Å². The molecule has 21 heavy (non-hydrogen) atoms. The van der Waals surface area contributed by atoms with Gasteiger partial charge in [0, 0.05) is 19.3 Å². The van der Waals surface area contributed by atoms with E-state index in [1.807, 2.05) is 0 Å². The van der Waals surface area contributed by atoms with E-state index in [0.717, 1.165) is 12.8 Å². The number of carbonyl (C=O) groups is 2. The lowest BCUT2D eigenvalue weighted by Crippen LogP contribution is -2.60. The summed E-state index contributed by atoms with van der Waals surface area (Å²) < 4.78 is 12.9. The quantitative estimate of drug-likeness (QED) is 0.912. The second-order valence-corrected chi connectivity index (χ2v) is 5.51. The second-order valence-electron chi connectivity index (χ2n) is 5.51. The van der Waals surface area contributed by atoms with Crippen molar-refractivity contribution in [1.29, 1.82) is 0 Å². The number of benzene rings is 1. The second kappa shape index (κ2) is 5.71. The van der Waals surface area contributed by atoms with E-state index >= 15 is 0 Å². The van der Waals surface area contributed by atoms with Crippen LogP contribution in [-0.4, -0.2) is 41.1 Å². The van der Waals surface area contributed by atoms with Gasteiger partial charge in [0.05, 0.1) is 0 Å². The number of likely N-dealkylation sites (tertiary alicyclic amines) is 1. The highest BCUT2D eigenvalue weighted by molar-refractivity contribution is 5.95. The molecule has 1 unspecified atom stereocenters. The molecule has 0 saturated carbocycles. The summed E-state index contributed by atoms with van der Waals surface area (Å²) in [5.41, 5.74) is -0.663. The van der Waals surface area contributed by atoms with E-state index < -0.39 is 11.5 Å². The fourth-order valence-corrected chi connectivity index (χ4v) is 2.61. The summed E-state index contributed by atoms with van der Waals surface area (Å²) in [7, 11) is 1.56. The van der Waals surface area contributed by atoms with Gasteiger partial charge >= 0.3 is 12.0 Å². The molecule has 1 aromatic carbocycles. The molecular formula is C15H19FN2O3. The highest BCUT2D eigenvalue weighted by Crippen LogP contribution is 2.30. The number of halogens is 1. The Labute approximate surface area is 123 Å². The number of hydrogen-bond donors (Lipinski definition) is 1. The molecule has 1 heterocycles. The van der Waals surface area contributed by atoms with E-state index in [1.165, 1.54) is 34.1 Å². The maximum absolute atomic E-state index is 12.9. The number of urea groups is 1. The largest absolute Gasteiger partial charge is 0.480 e. The van der Waals surface area contributed by atoms with Crippen molar-refractivity contribution in [2.24, 2.45) is 0 Å². The Kier molecular flexibility index (Phi) is 4.16. The zero-order valence-corrected chi connectivity index (χ0v) is 12.2. The Morgan fingerprint density at radius 1 is 1.29 bits per heavy atom. The summed E-state index contributed by atoms with van der Waals surface area (Å²) >= 11 is 0. The fraction of sp³-hybridized carbons (Fsp3) is 0.467. The third-order valence-electron chi connectivity index (χ3n) is 4.08. The van der Waals surface area contributed by atoms with Gasteiger partial charge in [-0.05, 0) is 50.5 Å². The van der Waals surface area contributed by atoms with Crippen molar-refractivity contribution in [3.63, 3.8) is 0 Å². The molecule has 1 aromatic rings. The molecule has 1 aliphatic rings. The standard InChI is InChI=1S/C15H19FN2O3/c1-15(13(19)20)9-3-4-10-18(15)14(21)17(2)12-7-5-11(16)6-8-12/h5-8H,3-4,9-10H2,1-2H3,(H,19,20). The van der Waals surface area contributed by atoms with Gasteiger partial charge in [-0.1, -0.05) is 0 Å². The monoisotopic (exact) mass is 294 g/mol. The van der Waals surface area contributed by atoms with Gasteiger partial charge in [-0.25, -0.2) is 14.0 Å². The van der Waals surface area contributed by atoms with Gasteiger partial charge in [-0.15, -0.1) is 0 Å². The van der Waals surface area contributed by atoms with Crippen LogP contribution in [0.3, 0.4) is 0 Å². The third-order valence-corrected chi connectivity index (χ3v) is 4.08. The maximum atomic E-state index is 12.9. The first kappa shape index (κ1) is 15.3. The highest BCUT2D eigenvalue weighted by atomic mass is 19.1. The average Bonchev–Trinajstić information content (AvgIpc) is 2.47. The SMILES string of the molecule is CN(C(=O)N1CCCCC1(C)C(=O)O)c1ccc(F)cc1. The van der Waals surface area contributed by atoms with Crippen molar-refractivity contribution in [1.82, 2.24) is 4.90 Å². The summed E-state index contributed by atoms with van der Waals surface area (Å²) in [6.07, 6.45) is 2.00. The van der Waals surface area contributed by atoms with Gasteiger partial charge < -0.3 is 10.0 Å². The maximum Gasteiger partial charge on any atom is 0.329 e. The molecule has 0 radical (unpaired) electrons. The van der Waals surface area contributed by atoms with E-state index in [9.17, 15) is 19.1 Å². The van der Waals surface area contributed by atoms with Crippen molar-refractivity contribution >= 4 is 17.7 Å². The van der Waals surface area contributed by atoms with E-state index in [1.54, 1.807) is 14.0 Å². The van der Waals surface area contributed by atoms with Gasteiger partial charge in [-0.2, -0.15) is 0 Å². The van der Waals surface area contributed by atoms with Gasteiger partial charge in [0.15, 0.2) is 0 Å². The molecule has 5 nitrogen and oxygen atoms in total. The summed E-state index contributed by atoms with van der Waals surface area (Å²) in [5, 5.41) is 9.44. The first-order valence-electron chi connectivity index (χ1n) is 6.90. The lowest BCUT2D eigenvalue weighted by molar-refractivity contribution is -0.150. The minimum absolute atomic E-state index is 0.382. The molecule has 1 atom stereocenters. The number of amides is 2. The molecular weight excluding hydrogens is 275 g/mol. The molecule has 1 saturated heterocycles. The Bertz CT molecular complexity index is 546. The average molecular weight is 294 g/mol. The van der Waals surface area contributed by atoms with Crippen LogP contribution in [0, 0.1) is 5.82 Å². The normalized spacial score (nSPS) is 22.0. The van der Waals surface area contributed by atoms with Gasteiger partial charge in [-0.3, -0.25) is 4.90 Å². The lowest BCUT2D eigenvalue weighted by Gasteiger charge is -2.43. The Balaban J connectivity index is 2.24. The molecule has 1 aliphatic heterocycles. The van der Waals surface area contributed by atoms with Gasteiger partial charge in [0.2, 0.25) is 0 Å². The first-order valence-corrected chi connectivity index (χ1v) is 6.90. The van der Waals surface area contributed by atoms with Crippen molar-refractivity contribution in [3.05, 3.63) is 30.1 Å². The fourth-order valence-electron chi connectivity index (χ4n) is 2.61. The Morgan fingerprint density at radius 2 is 1.90 bits per heavy atom. The smallest absolute Gasteiger partial charge is 0.329 e. The summed E-state index contributed by atoms with van der Waals surface area (Å²) in [6, 6.07) is 5.15. The molecule has 6 heteroatoms. The molecule has 0 bridgehead atoms. The van der Waals surface area contributed by atoms with Crippen LogP contribution in [0.4, 0.5) is 14.9 Å². The predicted molar refractivity (Wildman–Crippen MR) is 76.8 cm³/mol. The number of carboxylic acids is 1. The van der Waals surface area contributed by atoms with E-state index in [-0.39, 0.29) is 11.8 Å². The van der Waals surface area contributed by atoms with Crippen molar-refractivity contribution in [2.75, 3.05) is 18.5 Å². The summed E-state index contributed by atoms with van der Waals surface area (Å²) in [5.74, 6) is -1.38. The number of anilines is 1. The first-order chi connectivity index (χ1) is 9.86. The molecule has 2 amide bonds. The van der Waals surface area contributed by atoms with Crippen molar-refractivity contribution < 1.29 is 19.1 Å². The van der Waals surface area contributed by atoms with Crippen LogP contribution >= 0.6 is 0 Å². The lowest BCUT2D eigenvalue weighted by atomic mass is 9.89. The molecule has 2 rings (SSSR count). The zero-order chi connectivity index (χ0) is 15.6. The van der Waals surface area contributed by atoms with Crippen LogP contribution in [0.2, 0.25) is 0 Å². The molecule has 1 fully saturated rings. The van der Waals surface area contributed by atoms with Crippen LogP contribution in [0.15, 0.2) is 24.3 Å². The van der Waals surface area contributed by atoms with Crippen LogP contribution < -0.4 is 4.90 Å². The zero-order valence-electron chi connectivity index (χ0n) is 12.2.